The van der Waals surface area contributed by atoms with E-state index in [4.69, 9.17) is 0 Å². The van der Waals surface area contributed by atoms with Gasteiger partial charge >= 0.3 is 0 Å². The van der Waals surface area contributed by atoms with Crippen LogP contribution in [0.1, 0.15) is 12.8 Å². The molecule has 1 amide bonds. The molecule has 0 aromatic heterocycles. The number of halogens is 2. The zero-order chi connectivity index (χ0) is 7.28. The van der Waals surface area contributed by atoms with E-state index in [1.165, 1.54) is 0 Å². The van der Waals surface area contributed by atoms with Gasteiger partial charge in [0.2, 0.25) is 5.91 Å². The van der Waals surface area contributed by atoms with Crippen molar-refractivity contribution in [2.24, 2.45) is 0 Å². The Morgan fingerprint density at radius 3 is 1.91 bits per heavy atom. The van der Waals surface area contributed by atoms with Gasteiger partial charge in [0.1, 0.15) is 0 Å². The molecule has 0 aromatic carbocycles. The molecule has 0 bridgehead atoms. The van der Waals surface area contributed by atoms with Gasteiger partial charge in [-0.05, 0) is 6.42 Å². The third-order valence-corrected chi connectivity index (χ3v) is 1.31. The molecule has 1 rings (SSSR count). The normalized spacial score (nSPS) is 13.9. The molecular formula is C7H15F2NO. The standard InChI is InChI=1S/C5H9NO.C2H4.2FH/c1-6-4-2-3-5(6)7;1-2;;/h2-4H2,1H3;1-2H2;2*1H. The summed E-state index contributed by atoms with van der Waals surface area (Å²) in [5, 5.41) is 0. The molecular weight excluding hydrogens is 152 g/mol. The lowest BCUT2D eigenvalue weighted by Gasteiger charge is -2.03. The molecule has 1 fully saturated rings. The summed E-state index contributed by atoms with van der Waals surface area (Å²) < 4.78 is 0. The number of rotatable bonds is 0. The Balaban J connectivity index is -0.000000149. The van der Waals surface area contributed by atoms with Crippen LogP contribution < -0.4 is 0 Å². The average molecular weight is 167 g/mol. The maximum Gasteiger partial charge on any atom is 0.222 e. The van der Waals surface area contributed by atoms with E-state index >= 15 is 0 Å². The second kappa shape index (κ2) is 9.07. The Kier molecular flexibility index (Phi) is 13.7. The Bertz CT molecular complexity index is 109. The van der Waals surface area contributed by atoms with Crippen molar-refractivity contribution < 1.29 is 14.2 Å². The molecule has 1 aliphatic rings. The lowest BCUT2D eigenvalue weighted by molar-refractivity contribution is -0.126. The van der Waals surface area contributed by atoms with Crippen molar-refractivity contribution >= 4 is 5.91 Å². The highest BCUT2D eigenvalue weighted by Gasteiger charge is 2.14. The zero-order valence-electron chi connectivity index (χ0n) is 6.71. The minimum absolute atomic E-state index is 0. The summed E-state index contributed by atoms with van der Waals surface area (Å²) in [6.45, 7) is 6.96. The van der Waals surface area contributed by atoms with Gasteiger partial charge in [0.15, 0.2) is 0 Å². The smallest absolute Gasteiger partial charge is 0.222 e. The molecule has 0 unspecified atom stereocenters. The van der Waals surface area contributed by atoms with E-state index in [1.54, 1.807) is 4.90 Å². The molecule has 0 radical (unpaired) electrons. The first kappa shape index (κ1) is 16.6. The van der Waals surface area contributed by atoms with Crippen molar-refractivity contribution in [3.05, 3.63) is 13.2 Å². The molecule has 11 heavy (non-hydrogen) atoms. The summed E-state index contributed by atoms with van der Waals surface area (Å²) in [7, 11) is 1.84. The Morgan fingerprint density at radius 1 is 1.36 bits per heavy atom. The second-order valence-corrected chi connectivity index (χ2v) is 1.92. The van der Waals surface area contributed by atoms with Crippen molar-refractivity contribution in [1.29, 1.82) is 0 Å². The predicted octanol–water partition coefficient (Wildman–Crippen LogP) is 1.35. The fourth-order valence-electron chi connectivity index (χ4n) is 0.783. The van der Waals surface area contributed by atoms with E-state index in [9.17, 15) is 4.79 Å². The topological polar surface area (TPSA) is 20.3 Å². The molecule has 1 saturated heterocycles. The number of nitrogens with zero attached hydrogens (tertiary/aromatic N) is 1. The summed E-state index contributed by atoms with van der Waals surface area (Å²) in [5.74, 6) is 0.292. The maximum absolute atomic E-state index is 10.5. The summed E-state index contributed by atoms with van der Waals surface area (Å²) >= 11 is 0. The van der Waals surface area contributed by atoms with Gasteiger partial charge in [-0.1, -0.05) is 0 Å². The summed E-state index contributed by atoms with van der Waals surface area (Å²) in [6, 6.07) is 0. The van der Waals surface area contributed by atoms with Gasteiger partial charge in [-0.2, -0.15) is 0 Å². The number of carbonyl (C=O) groups excluding carboxylic acids is 1. The Morgan fingerprint density at radius 2 is 1.82 bits per heavy atom. The SMILES string of the molecule is C=C.CN1CCCC1=O.F.F. The summed E-state index contributed by atoms with van der Waals surface area (Å²) in [6.07, 6.45) is 1.81. The molecule has 1 aliphatic heterocycles. The molecule has 0 N–H and O–H groups in total. The molecule has 4 heteroatoms. The van der Waals surface area contributed by atoms with E-state index < -0.39 is 0 Å². The predicted molar refractivity (Wildman–Crippen MR) is 43.1 cm³/mol. The second-order valence-electron chi connectivity index (χ2n) is 1.92. The highest BCUT2D eigenvalue weighted by Crippen LogP contribution is 2.04. The first-order chi connectivity index (χ1) is 4.30. The quantitative estimate of drug-likeness (QED) is 0.499. The molecule has 1 heterocycles. The number of hydrogen-bond acceptors (Lipinski definition) is 1. The molecule has 2 nitrogen and oxygen atoms in total. The van der Waals surface area contributed by atoms with E-state index in [-0.39, 0.29) is 9.41 Å². The lowest BCUT2D eigenvalue weighted by Crippen LogP contribution is -2.17. The minimum Gasteiger partial charge on any atom is -0.346 e. The number of carbonyl (C=O) groups is 1. The van der Waals surface area contributed by atoms with Crippen LogP contribution in [0.4, 0.5) is 9.41 Å². The van der Waals surface area contributed by atoms with Crippen LogP contribution in [0, 0.1) is 0 Å². The molecule has 0 spiro atoms. The highest BCUT2D eigenvalue weighted by atomic mass is 19.0. The fraction of sp³-hybridized carbons (Fsp3) is 0.571. The van der Waals surface area contributed by atoms with Crippen LogP contribution in [0.5, 0.6) is 0 Å². The third-order valence-electron chi connectivity index (χ3n) is 1.31. The van der Waals surface area contributed by atoms with Crippen LogP contribution in [0.15, 0.2) is 13.2 Å². The van der Waals surface area contributed by atoms with Gasteiger partial charge in [0.25, 0.3) is 0 Å². The molecule has 0 aromatic rings. The van der Waals surface area contributed by atoms with Crippen molar-refractivity contribution in [3.63, 3.8) is 0 Å². The molecule has 0 saturated carbocycles. The van der Waals surface area contributed by atoms with E-state index in [0.717, 1.165) is 19.4 Å². The van der Waals surface area contributed by atoms with Crippen LogP contribution >= 0.6 is 0 Å². The minimum atomic E-state index is 0. The van der Waals surface area contributed by atoms with E-state index in [0.29, 0.717) is 5.91 Å². The van der Waals surface area contributed by atoms with Crippen molar-refractivity contribution in [2.75, 3.05) is 13.6 Å². The maximum atomic E-state index is 10.5. The van der Waals surface area contributed by atoms with Crippen molar-refractivity contribution in [2.45, 2.75) is 12.8 Å². The van der Waals surface area contributed by atoms with Gasteiger partial charge in [-0.3, -0.25) is 14.2 Å². The molecule has 0 aliphatic carbocycles. The number of hydrogen-bond donors (Lipinski definition) is 0. The number of likely N-dealkylation sites (tertiary alicyclic amines) is 1. The van der Waals surface area contributed by atoms with Gasteiger partial charge in [-0.15, -0.1) is 13.2 Å². The Hall–Kier alpha value is -0.930. The monoisotopic (exact) mass is 167 g/mol. The third kappa shape index (κ3) is 5.51. The first-order valence-corrected chi connectivity index (χ1v) is 3.04. The van der Waals surface area contributed by atoms with Crippen LogP contribution in [-0.2, 0) is 4.79 Å². The average Bonchev–Trinajstić information content (AvgIpc) is 2.23. The lowest BCUT2D eigenvalue weighted by atomic mass is 10.4. The van der Waals surface area contributed by atoms with Crippen LogP contribution in [0.2, 0.25) is 0 Å². The molecule has 0 atom stereocenters. The van der Waals surface area contributed by atoms with Crippen LogP contribution in [-0.4, -0.2) is 24.4 Å². The molecule has 68 valence electrons. The largest absolute Gasteiger partial charge is 0.346 e. The van der Waals surface area contributed by atoms with Gasteiger partial charge in [0.05, 0.1) is 0 Å². The van der Waals surface area contributed by atoms with Crippen molar-refractivity contribution in [1.82, 2.24) is 4.90 Å². The van der Waals surface area contributed by atoms with E-state index in [2.05, 4.69) is 13.2 Å². The van der Waals surface area contributed by atoms with Gasteiger partial charge in [0, 0.05) is 20.0 Å². The van der Waals surface area contributed by atoms with Gasteiger partial charge < -0.3 is 4.90 Å². The first-order valence-electron chi connectivity index (χ1n) is 3.04. The Labute approximate surface area is 65.6 Å². The van der Waals surface area contributed by atoms with Gasteiger partial charge in [-0.25, -0.2) is 0 Å². The van der Waals surface area contributed by atoms with Crippen LogP contribution in [0.25, 0.3) is 0 Å². The number of amides is 1. The summed E-state index contributed by atoms with van der Waals surface area (Å²) in [4.78, 5) is 12.3. The van der Waals surface area contributed by atoms with E-state index in [1.807, 2.05) is 7.05 Å². The van der Waals surface area contributed by atoms with Crippen LogP contribution in [0.3, 0.4) is 0 Å². The highest BCUT2D eigenvalue weighted by molar-refractivity contribution is 5.77. The zero-order valence-corrected chi connectivity index (χ0v) is 6.71. The van der Waals surface area contributed by atoms with Crippen molar-refractivity contribution in [3.8, 4) is 0 Å². The fourth-order valence-corrected chi connectivity index (χ4v) is 0.783. The summed E-state index contributed by atoms with van der Waals surface area (Å²) in [5.41, 5.74) is 0.